The van der Waals surface area contributed by atoms with Crippen molar-refractivity contribution in [2.75, 3.05) is 0 Å². The van der Waals surface area contributed by atoms with Crippen LogP contribution in [0.25, 0.3) is 10.8 Å². The lowest BCUT2D eigenvalue weighted by molar-refractivity contribution is 0.0697. The maximum absolute atomic E-state index is 12.8. The largest absolute Gasteiger partial charge is 0.489 e. The summed E-state index contributed by atoms with van der Waals surface area (Å²) in [6.07, 6.45) is 0. The summed E-state index contributed by atoms with van der Waals surface area (Å²) in [4.78, 5) is 10.9. The molecule has 0 fully saturated rings. The highest BCUT2D eigenvalue weighted by Gasteiger charge is 2.04. The van der Waals surface area contributed by atoms with E-state index in [0.717, 1.165) is 16.3 Å². The first-order chi connectivity index (χ1) is 10.6. The van der Waals surface area contributed by atoms with Crippen LogP contribution in [0.5, 0.6) is 5.75 Å². The molecule has 0 bridgehead atoms. The second-order valence-corrected chi connectivity index (χ2v) is 4.94. The molecule has 0 atom stereocenters. The topological polar surface area (TPSA) is 46.5 Å². The van der Waals surface area contributed by atoms with E-state index < -0.39 is 5.97 Å². The van der Waals surface area contributed by atoms with Crippen LogP contribution in [0.3, 0.4) is 0 Å². The molecule has 0 aliphatic carbocycles. The van der Waals surface area contributed by atoms with Crippen LogP contribution in [-0.4, -0.2) is 11.1 Å². The Balaban J connectivity index is 1.78. The molecule has 3 aromatic carbocycles. The minimum atomic E-state index is -0.946. The number of fused-ring (bicyclic) bond motifs is 1. The first-order valence-corrected chi connectivity index (χ1v) is 6.76. The molecule has 0 heterocycles. The van der Waals surface area contributed by atoms with Crippen molar-refractivity contribution < 1.29 is 19.0 Å². The van der Waals surface area contributed by atoms with Gasteiger partial charge in [0.2, 0.25) is 0 Å². The van der Waals surface area contributed by atoms with Crippen molar-refractivity contribution >= 4 is 16.7 Å². The Morgan fingerprint density at radius 1 is 0.955 bits per heavy atom. The van der Waals surface area contributed by atoms with E-state index in [0.29, 0.717) is 12.4 Å². The van der Waals surface area contributed by atoms with Crippen molar-refractivity contribution in [2.24, 2.45) is 0 Å². The zero-order valence-electron chi connectivity index (χ0n) is 11.6. The Morgan fingerprint density at radius 2 is 1.64 bits per heavy atom. The maximum Gasteiger partial charge on any atom is 0.335 e. The van der Waals surface area contributed by atoms with Crippen molar-refractivity contribution in [2.45, 2.75) is 6.61 Å². The van der Waals surface area contributed by atoms with Gasteiger partial charge in [0.05, 0.1) is 5.56 Å². The molecule has 0 aromatic heterocycles. The molecule has 0 saturated carbocycles. The van der Waals surface area contributed by atoms with Gasteiger partial charge >= 0.3 is 5.97 Å². The standard InChI is InChI=1S/C18H13FO3/c19-16-6-1-12(2-7-16)11-22-17-8-5-13-9-15(18(20)21)4-3-14(13)10-17/h1-10H,11H2,(H,20,21). The second kappa shape index (κ2) is 5.85. The van der Waals surface area contributed by atoms with E-state index in [1.807, 2.05) is 12.1 Å². The molecule has 22 heavy (non-hydrogen) atoms. The molecule has 1 N–H and O–H groups in total. The third-order valence-electron chi connectivity index (χ3n) is 3.38. The van der Waals surface area contributed by atoms with Crippen LogP contribution in [-0.2, 0) is 6.61 Å². The van der Waals surface area contributed by atoms with Crippen LogP contribution in [0.15, 0.2) is 60.7 Å². The lowest BCUT2D eigenvalue weighted by atomic mass is 10.1. The zero-order chi connectivity index (χ0) is 15.5. The fraction of sp³-hybridized carbons (Fsp3) is 0.0556. The minimum absolute atomic E-state index is 0.257. The predicted molar refractivity (Wildman–Crippen MR) is 81.6 cm³/mol. The van der Waals surface area contributed by atoms with Gasteiger partial charge in [0.1, 0.15) is 18.2 Å². The monoisotopic (exact) mass is 296 g/mol. The summed E-state index contributed by atoms with van der Waals surface area (Å²) in [5.41, 5.74) is 1.13. The molecule has 0 saturated heterocycles. The smallest absolute Gasteiger partial charge is 0.335 e. The first-order valence-electron chi connectivity index (χ1n) is 6.76. The quantitative estimate of drug-likeness (QED) is 0.782. The SMILES string of the molecule is O=C(O)c1ccc2cc(OCc3ccc(F)cc3)ccc2c1. The molecule has 0 aliphatic heterocycles. The van der Waals surface area contributed by atoms with Gasteiger partial charge in [0, 0.05) is 0 Å². The van der Waals surface area contributed by atoms with Gasteiger partial charge in [-0.15, -0.1) is 0 Å². The zero-order valence-corrected chi connectivity index (χ0v) is 11.6. The summed E-state index contributed by atoms with van der Waals surface area (Å²) < 4.78 is 18.5. The Bertz CT molecular complexity index is 825. The summed E-state index contributed by atoms with van der Waals surface area (Å²) >= 11 is 0. The molecule has 3 aromatic rings. The summed E-state index contributed by atoms with van der Waals surface area (Å²) in [6, 6.07) is 16.5. The van der Waals surface area contributed by atoms with Gasteiger partial charge in [-0.25, -0.2) is 9.18 Å². The molecule has 0 aliphatic rings. The number of carboxylic acid groups (broad SMARTS) is 1. The number of rotatable bonds is 4. The van der Waals surface area contributed by atoms with Crippen LogP contribution >= 0.6 is 0 Å². The number of aromatic carboxylic acids is 1. The fourth-order valence-corrected chi connectivity index (χ4v) is 2.19. The molecule has 0 spiro atoms. The van der Waals surface area contributed by atoms with Crippen LogP contribution < -0.4 is 4.74 Å². The number of hydrogen-bond donors (Lipinski definition) is 1. The molecule has 4 heteroatoms. The van der Waals surface area contributed by atoms with Gasteiger partial charge in [-0.2, -0.15) is 0 Å². The minimum Gasteiger partial charge on any atom is -0.489 e. The van der Waals surface area contributed by atoms with Crippen molar-refractivity contribution in [3.8, 4) is 5.75 Å². The summed E-state index contributed by atoms with van der Waals surface area (Å²) in [7, 11) is 0. The average Bonchev–Trinajstić information content (AvgIpc) is 2.53. The van der Waals surface area contributed by atoms with Gasteiger partial charge in [0.25, 0.3) is 0 Å². The van der Waals surface area contributed by atoms with E-state index in [4.69, 9.17) is 9.84 Å². The highest BCUT2D eigenvalue weighted by molar-refractivity contribution is 5.94. The highest BCUT2D eigenvalue weighted by Crippen LogP contribution is 2.23. The van der Waals surface area contributed by atoms with Crippen molar-refractivity contribution in [1.29, 1.82) is 0 Å². The molecule has 0 amide bonds. The molecule has 0 unspecified atom stereocenters. The Morgan fingerprint density at radius 3 is 2.36 bits per heavy atom. The van der Waals surface area contributed by atoms with Crippen LogP contribution in [0.2, 0.25) is 0 Å². The van der Waals surface area contributed by atoms with Crippen molar-refractivity contribution in [1.82, 2.24) is 0 Å². The number of carboxylic acids is 1. The number of halogens is 1. The molecule has 3 rings (SSSR count). The maximum atomic E-state index is 12.8. The van der Waals surface area contributed by atoms with E-state index in [2.05, 4.69) is 0 Å². The normalized spacial score (nSPS) is 10.6. The number of hydrogen-bond acceptors (Lipinski definition) is 2. The number of benzene rings is 3. The average molecular weight is 296 g/mol. The Kier molecular flexibility index (Phi) is 3.74. The van der Waals surface area contributed by atoms with Crippen LogP contribution in [0, 0.1) is 5.82 Å². The van der Waals surface area contributed by atoms with Gasteiger partial charge in [-0.3, -0.25) is 0 Å². The van der Waals surface area contributed by atoms with Crippen molar-refractivity contribution in [3.05, 3.63) is 77.6 Å². The Labute approximate surface area is 126 Å². The summed E-state index contributed by atoms with van der Waals surface area (Å²) in [6.45, 7) is 0.346. The van der Waals surface area contributed by atoms with E-state index >= 15 is 0 Å². The van der Waals surface area contributed by atoms with E-state index in [1.54, 1.807) is 36.4 Å². The van der Waals surface area contributed by atoms with Gasteiger partial charge in [-0.05, 0) is 52.7 Å². The van der Waals surface area contributed by atoms with Gasteiger partial charge in [-0.1, -0.05) is 24.3 Å². The molecule has 3 nitrogen and oxygen atoms in total. The molecular formula is C18H13FO3. The van der Waals surface area contributed by atoms with E-state index in [9.17, 15) is 9.18 Å². The molecular weight excluding hydrogens is 283 g/mol. The predicted octanol–water partition coefficient (Wildman–Crippen LogP) is 4.26. The number of ether oxygens (including phenoxy) is 1. The highest BCUT2D eigenvalue weighted by atomic mass is 19.1. The van der Waals surface area contributed by atoms with Gasteiger partial charge in [0.15, 0.2) is 0 Å². The Hall–Kier alpha value is -2.88. The van der Waals surface area contributed by atoms with E-state index in [1.165, 1.54) is 12.1 Å². The third kappa shape index (κ3) is 3.06. The third-order valence-corrected chi connectivity index (χ3v) is 3.38. The number of carbonyl (C=O) groups is 1. The molecule has 0 radical (unpaired) electrons. The first kappa shape index (κ1) is 14.1. The van der Waals surface area contributed by atoms with Crippen molar-refractivity contribution in [3.63, 3.8) is 0 Å². The summed E-state index contributed by atoms with van der Waals surface area (Å²) in [5.74, 6) is -0.540. The fourth-order valence-electron chi connectivity index (χ4n) is 2.19. The lowest BCUT2D eigenvalue weighted by Gasteiger charge is -2.08. The second-order valence-electron chi connectivity index (χ2n) is 4.94. The lowest BCUT2D eigenvalue weighted by Crippen LogP contribution is -1.96. The van der Waals surface area contributed by atoms with Crippen LogP contribution in [0.1, 0.15) is 15.9 Å². The van der Waals surface area contributed by atoms with E-state index in [-0.39, 0.29) is 11.4 Å². The van der Waals surface area contributed by atoms with Crippen LogP contribution in [0.4, 0.5) is 4.39 Å². The van der Waals surface area contributed by atoms with Gasteiger partial charge < -0.3 is 9.84 Å². The summed E-state index contributed by atoms with van der Waals surface area (Å²) in [5, 5.41) is 10.7. The molecule has 110 valence electrons.